The maximum Gasteiger partial charge on any atom is 0.337 e. The molecule has 48 heavy (non-hydrogen) atoms. The van der Waals surface area contributed by atoms with E-state index in [1.54, 1.807) is 18.2 Å². The summed E-state index contributed by atoms with van der Waals surface area (Å²) in [7, 11) is 2.76. The van der Waals surface area contributed by atoms with Gasteiger partial charge in [0.05, 0.1) is 37.7 Å². The highest BCUT2D eigenvalue weighted by Gasteiger charge is 2.49. The van der Waals surface area contributed by atoms with Gasteiger partial charge in [-0.15, -0.1) is 0 Å². The monoisotopic (exact) mass is 640 g/mol. The van der Waals surface area contributed by atoms with Gasteiger partial charge in [-0.05, 0) is 71.5 Å². The number of rotatable bonds is 9. The highest BCUT2D eigenvalue weighted by atomic mass is 16.5. The first kappa shape index (κ1) is 31.1. The average molecular weight is 641 g/mol. The number of carbonyl (C=O) groups is 3. The van der Waals surface area contributed by atoms with Gasteiger partial charge in [-0.3, -0.25) is 4.79 Å². The Labute approximate surface area is 279 Å². The zero-order valence-corrected chi connectivity index (χ0v) is 27.0. The van der Waals surface area contributed by atoms with Crippen molar-refractivity contribution in [2.75, 3.05) is 43.7 Å². The van der Waals surface area contributed by atoms with Gasteiger partial charge in [0.25, 0.3) is 0 Å². The summed E-state index contributed by atoms with van der Waals surface area (Å²) in [5.41, 5.74) is 7.21. The van der Waals surface area contributed by atoms with Crippen LogP contribution >= 0.6 is 0 Å². The topological polar surface area (TPSA) is 85.4 Å². The van der Waals surface area contributed by atoms with Crippen molar-refractivity contribution in [2.45, 2.75) is 24.9 Å². The lowest BCUT2D eigenvalue weighted by Crippen LogP contribution is -2.51. The third-order valence-electron chi connectivity index (χ3n) is 9.46. The summed E-state index contributed by atoms with van der Waals surface area (Å²) in [6, 6.07) is 31.0. The molecule has 0 saturated carbocycles. The van der Waals surface area contributed by atoms with Crippen LogP contribution < -0.4 is 9.80 Å². The minimum absolute atomic E-state index is 0.136. The highest BCUT2D eigenvalue weighted by Crippen LogP contribution is 2.44. The normalized spacial score (nSPS) is 18.5. The zero-order chi connectivity index (χ0) is 33.3. The molecule has 1 fully saturated rings. The van der Waals surface area contributed by atoms with E-state index in [1.807, 2.05) is 91.1 Å². The van der Waals surface area contributed by atoms with Crippen LogP contribution in [0.3, 0.4) is 0 Å². The van der Waals surface area contributed by atoms with Gasteiger partial charge in [0.15, 0.2) is 11.4 Å². The molecule has 0 amide bonds. The van der Waals surface area contributed by atoms with E-state index in [1.165, 1.54) is 14.2 Å². The molecule has 0 N–H and O–H groups in total. The molecule has 3 aliphatic heterocycles. The Morgan fingerprint density at radius 2 is 1.27 bits per heavy atom. The third kappa shape index (κ3) is 5.58. The number of ketones is 1. The SMILES string of the molecule is COC(=O)c1ccc2c(c1)CCN2/C=C(\c1ccccc1)C1(C(=O)/C=C(/c2ccccc2)N2CCc3cc(C(=O)OC)ccc32)CCO1. The molecule has 7 rings (SSSR count). The molecular weight excluding hydrogens is 604 g/mol. The Bertz CT molecular complexity index is 1950. The number of carbonyl (C=O) groups excluding carboxylic acids is 3. The van der Waals surface area contributed by atoms with Crippen molar-refractivity contribution in [3.05, 3.63) is 143 Å². The second-order valence-electron chi connectivity index (χ2n) is 12.1. The van der Waals surface area contributed by atoms with Gasteiger partial charge in [0.2, 0.25) is 0 Å². The van der Waals surface area contributed by atoms with E-state index in [4.69, 9.17) is 14.2 Å². The van der Waals surface area contributed by atoms with Crippen molar-refractivity contribution >= 4 is 40.4 Å². The molecule has 4 aromatic carbocycles. The molecule has 0 radical (unpaired) electrons. The molecule has 8 nitrogen and oxygen atoms in total. The summed E-state index contributed by atoms with van der Waals surface area (Å²) in [6.45, 7) is 1.82. The van der Waals surface area contributed by atoms with Crippen molar-refractivity contribution in [2.24, 2.45) is 0 Å². The van der Waals surface area contributed by atoms with E-state index < -0.39 is 5.60 Å². The smallest absolute Gasteiger partial charge is 0.337 e. The van der Waals surface area contributed by atoms with Crippen LogP contribution in [0.5, 0.6) is 0 Å². The Morgan fingerprint density at radius 1 is 0.708 bits per heavy atom. The molecular formula is C40H36N2O6. The van der Waals surface area contributed by atoms with E-state index >= 15 is 0 Å². The van der Waals surface area contributed by atoms with Crippen LogP contribution in [-0.4, -0.2) is 57.2 Å². The van der Waals surface area contributed by atoms with Gasteiger partial charge in [0, 0.05) is 48.7 Å². The van der Waals surface area contributed by atoms with Crippen LogP contribution in [0.1, 0.15) is 49.4 Å². The van der Waals surface area contributed by atoms with E-state index in [-0.39, 0.29) is 17.7 Å². The third-order valence-corrected chi connectivity index (χ3v) is 9.46. The molecule has 4 aromatic rings. The molecule has 0 bridgehead atoms. The van der Waals surface area contributed by atoms with Crippen LogP contribution in [0.25, 0.3) is 11.3 Å². The van der Waals surface area contributed by atoms with Crippen LogP contribution in [0.15, 0.2) is 109 Å². The first-order chi connectivity index (χ1) is 23.4. The summed E-state index contributed by atoms with van der Waals surface area (Å²) < 4.78 is 16.2. The number of nitrogens with zero attached hydrogens (tertiary/aromatic N) is 2. The molecule has 0 spiro atoms. The first-order valence-electron chi connectivity index (χ1n) is 16.1. The van der Waals surface area contributed by atoms with E-state index in [0.717, 1.165) is 57.7 Å². The number of esters is 2. The fourth-order valence-corrected chi connectivity index (χ4v) is 6.90. The van der Waals surface area contributed by atoms with Crippen molar-refractivity contribution < 1.29 is 28.6 Å². The summed E-state index contributed by atoms with van der Waals surface area (Å²) in [5, 5.41) is 0. The van der Waals surface area contributed by atoms with Gasteiger partial charge < -0.3 is 24.0 Å². The molecule has 8 heteroatoms. The second kappa shape index (κ2) is 13.0. The maximum absolute atomic E-state index is 14.8. The van der Waals surface area contributed by atoms with Crippen molar-refractivity contribution in [1.29, 1.82) is 0 Å². The predicted molar refractivity (Wildman–Crippen MR) is 185 cm³/mol. The number of hydrogen-bond acceptors (Lipinski definition) is 8. The Hall–Kier alpha value is -5.47. The number of hydrogen-bond donors (Lipinski definition) is 0. The number of benzene rings is 4. The predicted octanol–water partition coefficient (Wildman–Crippen LogP) is 6.50. The summed E-state index contributed by atoms with van der Waals surface area (Å²) in [5.74, 6) is -0.878. The van der Waals surface area contributed by atoms with Crippen LogP contribution in [0.4, 0.5) is 11.4 Å². The molecule has 0 aliphatic carbocycles. The molecule has 1 unspecified atom stereocenters. The van der Waals surface area contributed by atoms with Crippen molar-refractivity contribution in [3.63, 3.8) is 0 Å². The average Bonchev–Trinajstić information content (AvgIpc) is 3.73. The number of ether oxygens (including phenoxy) is 3. The molecule has 242 valence electrons. The van der Waals surface area contributed by atoms with Crippen LogP contribution in [-0.2, 0) is 31.8 Å². The summed E-state index contributed by atoms with van der Waals surface area (Å²) >= 11 is 0. The Balaban J connectivity index is 1.30. The molecule has 3 aliphatic rings. The summed E-state index contributed by atoms with van der Waals surface area (Å²) in [6.07, 6.45) is 5.79. The maximum atomic E-state index is 14.8. The van der Waals surface area contributed by atoms with E-state index in [9.17, 15) is 14.4 Å². The largest absolute Gasteiger partial charge is 0.465 e. The number of anilines is 2. The van der Waals surface area contributed by atoms with E-state index in [0.29, 0.717) is 37.2 Å². The molecule has 1 saturated heterocycles. The second-order valence-corrected chi connectivity index (χ2v) is 12.1. The van der Waals surface area contributed by atoms with Crippen LogP contribution in [0, 0.1) is 0 Å². The highest BCUT2D eigenvalue weighted by molar-refractivity contribution is 6.12. The van der Waals surface area contributed by atoms with Gasteiger partial charge in [-0.1, -0.05) is 60.7 Å². The van der Waals surface area contributed by atoms with Gasteiger partial charge in [-0.2, -0.15) is 0 Å². The molecule has 1 atom stereocenters. The standard InChI is InChI=1S/C40H36N2O6/c1-46-38(44)31-13-15-34-29(23-31)17-20-41(34)26-33(27-9-5-3-6-10-27)40(19-22-48-40)37(43)25-36(28-11-7-4-8-12-28)42-21-18-30-24-32(39(45)47-2)14-16-35(30)42/h3-16,23-26H,17-22H2,1-2H3/b33-26+,36-25-. The quantitative estimate of drug-likeness (QED) is 0.152. The fourth-order valence-electron chi connectivity index (χ4n) is 6.90. The van der Waals surface area contributed by atoms with Gasteiger partial charge in [-0.25, -0.2) is 9.59 Å². The lowest BCUT2D eigenvalue weighted by molar-refractivity contribution is -0.152. The summed E-state index contributed by atoms with van der Waals surface area (Å²) in [4.78, 5) is 43.5. The first-order valence-corrected chi connectivity index (χ1v) is 16.1. The Kier molecular flexibility index (Phi) is 8.41. The minimum Gasteiger partial charge on any atom is -0.465 e. The van der Waals surface area contributed by atoms with Crippen molar-refractivity contribution in [1.82, 2.24) is 0 Å². The van der Waals surface area contributed by atoms with Gasteiger partial charge in [0.1, 0.15) is 0 Å². The molecule has 0 aromatic heterocycles. The zero-order valence-electron chi connectivity index (χ0n) is 27.0. The molecule has 3 heterocycles. The minimum atomic E-state index is -1.19. The number of methoxy groups -OCH3 is 2. The number of fused-ring (bicyclic) bond motifs is 2. The van der Waals surface area contributed by atoms with Crippen LogP contribution in [0.2, 0.25) is 0 Å². The fraction of sp³-hybridized carbons (Fsp3) is 0.225. The lowest BCUT2D eigenvalue weighted by Gasteiger charge is -2.42. The van der Waals surface area contributed by atoms with Gasteiger partial charge >= 0.3 is 11.9 Å². The lowest BCUT2D eigenvalue weighted by atomic mass is 9.78. The Morgan fingerprint density at radius 3 is 1.85 bits per heavy atom. The van der Waals surface area contributed by atoms with Crippen molar-refractivity contribution in [3.8, 4) is 0 Å². The van der Waals surface area contributed by atoms with E-state index in [2.05, 4.69) is 9.80 Å².